The molecule has 0 radical (unpaired) electrons. The molecule has 0 aliphatic rings. The molecule has 2 aromatic carbocycles. The molecular formula is C15H13Cl2F2NO. The topological polar surface area (TPSA) is 21.3 Å². The summed E-state index contributed by atoms with van der Waals surface area (Å²) < 4.78 is 29.6. The van der Waals surface area contributed by atoms with Crippen molar-refractivity contribution in [3.05, 3.63) is 63.6 Å². The molecule has 1 N–H and O–H groups in total. The molecule has 2 nitrogen and oxygen atoms in total. The zero-order chi connectivity index (χ0) is 15.4. The van der Waals surface area contributed by atoms with Crippen LogP contribution in [0, 0.1) is 0 Å². The number of nitrogens with one attached hydrogen (secondary N) is 1. The van der Waals surface area contributed by atoms with E-state index in [1.807, 2.05) is 0 Å². The molecule has 0 aliphatic heterocycles. The van der Waals surface area contributed by atoms with E-state index in [9.17, 15) is 8.78 Å². The Labute approximate surface area is 131 Å². The van der Waals surface area contributed by atoms with Crippen LogP contribution in [0.2, 0.25) is 10.0 Å². The zero-order valence-corrected chi connectivity index (χ0v) is 12.6. The van der Waals surface area contributed by atoms with E-state index in [4.69, 9.17) is 23.2 Å². The molecule has 1 atom stereocenters. The molecule has 112 valence electrons. The molecule has 2 rings (SSSR count). The predicted molar refractivity (Wildman–Crippen MR) is 80.4 cm³/mol. The van der Waals surface area contributed by atoms with Crippen LogP contribution in [-0.4, -0.2) is 13.7 Å². The van der Waals surface area contributed by atoms with Crippen molar-refractivity contribution in [2.75, 3.05) is 7.05 Å². The summed E-state index contributed by atoms with van der Waals surface area (Å²) in [5.74, 6) is 0.123. The van der Waals surface area contributed by atoms with Gasteiger partial charge in [0.25, 0.3) is 0 Å². The quantitative estimate of drug-likeness (QED) is 0.840. The second kappa shape index (κ2) is 7.07. The SMILES string of the molecule is CNC(c1ccc(Cl)c(Cl)c1)c1ccccc1OC(F)F. The maximum absolute atomic E-state index is 12.5. The third-order valence-electron chi connectivity index (χ3n) is 3.01. The summed E-state index contributed by atoms with van der Waals surface area (Å²) in [4.78, 5) is 0. The summed E-state index contributed by atoms with van der Waals surface area (Å²) in [5.41, 5.74) is 1.40. The number of hydrogen-bond acceptors (Lipinski definition) is 2. The van der Waals surface area contributed by atoms with E-state index in [1.54, 1.807) is 43.4 Å². The first-order chi connectivity index (χ1) is 10.0. The van der Waals surface area contributed by atoms with Gasteiger partial charge in [0.2, 0.25) is 0 Å². The highest BCUT2D eigenvalue weighted by atomic mass is 35.5. The molecule has 2 aromatic rings. The highest BCUT2D eigenvalue weighted by Crippen LogP contribution is 2.33. The third kappa shape index (κ3) is 3.84. The number of alkyl halides is 2. The molecule has 0 fully saturated rings. The first-order valence-corrected chi connectivity index (χ1v) is 6.94. The molecule has 0 saturated carbocycles. The minimum Gasteiger partial charge on any atom is -0.434 e. The van der Waals surface area contributed by atoms with Gasteiger partial charge in [-0.25, -0.2) is 0 Å². The molecule has 0 spiro atoms. The smallest absolute Gasteiger partial charge is 0.387 e. The molecule has 0 bridgehead atoms. The van der Waals surface area contributed by atoms with Gasteiger partial charge >= 0.3 is 6.61 Å². The normalized spacial score (nSPS) is 12.5. The summed E-state index contributed by atoms with van der Waals surface area (Å²) >= 11 is 11.9. The second-order valence-corrected chi connectivity index (χ2v) is 5.13. The number of para-hydroxylation sites is 1. The van der Waals surface area contributed by atoms with Crippen LogP contribution >= 0.6 is 23.2 Å². The van der Waals surface area contributed by atoms with Gasteiger partial charge in [0.1, 0.15) is 5.75 Å². The van der Waals surface area contributed by atoms with Crippen molar-refractivity contribution in [1.29, 1.82) is 0 Å². The monoisotopic (exact) mass is 331 g/mol. The molecule has 0 amide bonds. The van der Waals surface area contributed by atoms with Gasteiger partial charge in [-0.2, -0.15) is 8.78 Å². The van der Waals surface area contributed by atoms with Crippen LogP contribution in [0.3, 0.4) is 0 Å². The van der Waals surface area contributed by atoms with Crippen molar-refractivity contribution in [2.24, 2.45) is 0 Å². The lowest BCUT2D eigenvalue weighted by Crippen LogP contribution is -2.19. The van der Waals surface area contributed by atoms with Gasteiger partial charge in [0.05, 0.1) is 16.1 Å². The van der Waals surface area contributed by atoms with Gasteiger partial charge in [-0.3, -0.25) is 0 Å². The number of halogens is 4. The van der Waals surface area contributed by atoms with Crippen LogP contribution in [0.1, 0.15) is 17.2 Å². The van der Waals surface area contributed by atoms with E-state index in [-0.39, 0.29) is 11.8 Å². The minimum atomic E-state index is -2.88. The van der Waals surface area contributed by atoms with Gasteiger partial charge < -0.3 is 10.1 Å². The summed E-state index contributed by atoms with van der Waals surface area (Å²) in [6.07, 6.45) is 0. The average Bonchev–Trinajstić information content (AvgIpc) is 2.44. The number of rotatable bonds is 5. The van der Waals surface area contributed by atoms with Crippen molar-refractivity contribution < 1.29 is 13.5 Å². The van der Waals surface area contributed by atoms with E-state index >= 15 is 0 Å². The van der Waals surface area contributed by atoms with Crippen LogP contribution in [-0.2, 0) is 0 Å². The molecule has 21 heavy (non-hydrogen) atoms. The predicted octanol–water partition coefficient (Wildman–Crippen LogP) is 4.90. The minimum absolute atomic E-state index is 0.123. The highest BCUT2D eigenvalue weighted by Gasteiger charge is 2.19. The maximum atomic E-state index is 12.5. The van der Waals surface area contributed by atoms with Crippen molar-refractivity contribution in [3.8, 4) is 5.75 Å². The standard InChI is InChI=1S/C15H13Cl2F2NO/c1-20-14(9-6-7-11(16)12(17)8-9)10-4-2-3-5-13(10)21-15(18)19/h2-8,14-15,20H,1H3. The first kappa shape index (κ1) is 16.0. The molecule has 6 heteroatoms. The van der Waals surface area contributed by atoms with Gasteiger partial charge in [-0.05, 0) is 30.8 Å². The maximum Gasteiger partial charge on any atom is 0.387 e. The number of benzene rings is 2. The Morgan fingerprint density at radius 1 is 1.05 bits per heavy atom. The van der Waals surface area contributed by atoms with Crippen molar-refractivity contribution >= 4 is 23.2 Å². The molecule has 0 aliphatic carbocycles. The Bertz CT molecular complexity index is 622. The van der Waals surface area contributed by atoms with E-state index < -0.39 is 6.61 Å². The zero-order valence-electron chi connectivity index (χ0n) is 11.1. The lowest BCUT2D eigenvalue weighted by Gasteiger charge is -2.20. The van der Waals surface area contributed by atoms with E-state index in [0.717, 1.165) is 5.56 Å². The van der Waals surface area contributed by atoms with E-state index in [1.165, 1.54) is 6.07 Å². The van der Waals surface area contributed by atoms with Gasteiger partial charge in [-0.15, -0.1) is 0 Å². The Kier molecular flexibility index (Phi) is 5.39. The molecule has 0 aromatic heterocycles. The summed E-state index contributed by atoms with van der Waals surface area (Å²) in [7, 11) is 1.73. The third-order valence-corrected chi connectivity index (χ3v) is 3.75. The van der Waals surface area contributed by atoms with Crippen LogP contribution < -0.4 is 10.1 Å². The molecule has 0 saturated heterocycles. The summed E-state index contributed by atoms with van der Waals surface area (Å²) in [5, 5.41) is 3.91. The van der Waals surface area contributed by atoms with Crippen LogP contribution in [0.5, 0.6) is 5.75 Å². The summed E-state index contributed by atoms with van der Waals surface area (Å²) in [6.45, 7) is -2.88. The molecule has 0 heterocycles. The van der Waals surface area contributed by atoms with Crippen LogP contribution in [0.25, 0.3) is 0 Å². The highest BCUT2D eigenvalue weighted by molar-refractivity contribution is 6.42. The van der Waals surface area contributed by atoms with Crippen molar-refractivity contribution in [2.45, 2.75) is 12.7 Å². The van der Waals surface area contributed by atoms with Crippen LogP contribution in [0.4, 0.5) is 8.78 Å². The second-order valence-electron chi connectivity index (χ2n) is 4.31. The number of hydrogen-bond donors (Lipinski definition) is 1. The van der Waals surface area contributed by atoms with Gasteiger partial charge in [0.15, 0.2) is 0 Å². The molecular weight excluding hydrogens is 319 g/mol. The fourth-order valence-electron chi connectivity index (χ4n) is 2.12. The Balaban J connectivity index is 2.43. The Morgan fingerprint density at radius 3 is 2.38 bits per heavy atom. The van der Waals surface area contributed by atoms with Crippen molar-refractivity contribution in [3.63, 3.8) is 0 Å². The lowest BCUT2D eigenvalue weighted by molar-refractivity contribution is -0.0506. The molecule has 1 unspecified atom stereocenters. The van der Waals surface area contributed by atoms with Crippen molar-refractivity contribution in [1.82, 2.24) is 5.32 Å². The van der Waals surface area contributed by atoms with E-state index in [2.05, 4.69) is 10.1 Å². The largest absolute Gasteiger partial charge is 0.434 e. The first-order valence-electron chi connectivity index (χ1n) is 6.19. The fraction of sp³-hybridized carbons (Fsp3) is 0.200. The fourth-order valence-corrected chi connectivity index (χ4v) is 2.42. The average molecular weight is 332 g/mol. The van der Waals surface area contributed by atoms with Crippen LogP contribution in [0.15, 0.2) is 42.5 Å². The van der Waals surface area contributed by atoms with E-state index in [0.29, 0.717) is 15.6 Å². The van der Waals surface area contributed by atoms with Gasteiger partial charge in [-0.1, -0.05) is 47.5 Å². The van der Waals surface area contributed by atoms with Gasteiger partial charge in [0, 0.05) is 5.56 Å². The Hall–Kier alpha value is -1.36. The number of ether oxygens (including phenoxy) is 1. The summed E-state index contributed by atoms with van der Waals surface area (Å²) in [6, 6.07) is 11.4. The lowest BCUT2D eigenvalue weighted by atomic mass is 9.98. The Morgan fingerprint density at radius 2 is 1.76 bits per heavy atom.